The molecule has 1 aromatic rings. The topological polar surface area (TPSA) is 56.6 Å². The summed E-state index contributed by atoms with van der Waals surface area (Å²) in [6.45, 7) is 8.24. The van der Waals surface area contributed by atoms with Crippen LogP contribution in [0.4, 0.5) is 23.7 Å². The van der Waals surface area contributed by atoms with Crippen LogP contribution in [0, 0.1) is 11.3 Å². The average Bonchev–Trinajstić information content (AvgIpc) is 2.51. The summed E-state index contributed by atoms with van der Waals surface area (Å²) in [6, 6.07) is 5.08. The third kappa shape index (κ3) is 4.59. The number of nitrogens with zero attached hydrogens (tertiary/aromatic N) is 3. The fraction of sp³-hybridized carbons (Fsp3) is 0.556. The Labute approximate surface area is 150 Å². The van der Waals surface area contributed by atoms with Crippen LogP contribution in [-0.2, 0) is 10.9 Å². The average molecular weight is 369 g/mol. The number of carbonyl (C=O) groups is 1. The predicted molar refractivity (Wildman–Crippen MR) is 90.8 cm³/mol. The first-order valence-corrected chi connectivity index (χ1v) is 8.28. The number of ether oxygens (including phenoxy) is 1. The Morgan fingerprint density at radius 1 is 1.27 bits per heavy atom. The van der Waals surface area contributed by atoms with Crippen molar-refractivity contribution in [2.24, 2.45) is 0 Å². The Morgan fingerprint density at radius 2 is 1.92 bits per heavy atom. The normalized spacial score (nSPS) is 18.5. The van der Waals surface area contributed by atoms with Crippen molar-refractivity contribution >= 4 is 11.8 Å². The highest BCUT2D eigenvalue weighted by molar-refractivity contribution is 5.69. The number of rotatable bonds is 1. The van der Waals surface area contributed by atoms with Crippen molar-refractivity contribution in [3.05, 3.63) is 29.3 Å². The number of benzene rings is 1. The van der Waals surface area contributed by atoms with E-state index >= 15 is 0 Å². The van der Waals surface area contributed by atoms with Crippen molar-refractivity contribution in [1.29, 1.82) is 5.26 Å². The number of halogens is 3. The molecule has 26 heavy (non-hydrogen) atoms. The first-order valence-electron chi connectivity index (χ1n) is 8.28. The summed E-state index contributed by atoms with van der Waals surface area (Å²) >= 11 is 0. The van der Waals surface area contributed by atoms with Crippen molar-refractivity contribution in [2.45, 2.75) is 45.5 Å². The van der Waals surface area contributed by atoms with Crippen molar-refractivity contribution in [3.63, 3.8) is 0 Å². The third-order valence-corrected chi connectivity index (χ3v) is 4.04. The van der Waals surface area contributed by atoms with E-state index in [0.717, 1.165) is 6.07 Å². The highest BCUT2D eigenvalue weighted by Gasteiger charge is 2.35. The van der Waals surface area contributed by atoms with Crippen LogP contribution in [0.25, 0.3) is 0 Å². The molecule has 0 aromatic heterocycles. The lowest BCUT2D eigenvalue weighted by atomic mass is 10.0. The number of alkyl halides is 3. The Hall–Kier alpha value is -2.43. The number of amides is 1. The van der Waals surface area contributed by atoms with E-state index in [1.54, 1.807) is 36.6 Å². The van der Waals surface area contributed by atoms with Crippen molar-refractivity contribution < 1.29 is 22.7 Å². The van der Waals surface area contributed by atoms with Gasteiger partial charge >= 0.3 is 12.3 Å². The van der Waals surface area contributed by atoms with Gasteiger partial charge in [-0.15, -0.1) is 0 Å². The van der Waals surface area contributed by atoms with E-state index in [4.69, 9.17) is 10.00 Å². The minimum Gasteiger partial charge on any atom is -0.444 e. The maximum absolute atomic E-state index is 13.2. The second-order valence-electron chi connectivity index (χ2n) is 7.31. The van der Waals surface area contributed by atoms with E-state index in [0.29, 0.717) is 25.3 Å². The molecule has 1 heterocycles. The second kappa shape index (κ2) is 7.06. The molecule has 1 aliphatic heterocycles. The number of hydrogen-bond acceptors (Lipinski definition) is 4. The van der Waals surface area contributed by atoms with Crippen molar-refractivity contribution in [2.75, 3.05) is 24.5 Å². The standard InChI is InChI=1S/C18H22F3N3O2/c1-12-11-23(16(25)26-17(2,3)4)7-8-24(12)14-6-5-13(10-22)15(9-14)18(19,20)21/h5-6,9,12H,7-8,11H2,1-4H3. The summed E-state index contributed by atoms with van der Waals surface area (Å²) in [7, 11) is 0. The second-order valence-corrected chi connectivity index (χ2v) is 7.31. The van der Waals surface area contributed by atoms with Gasteiger partial charge in [0.25, 0.3) is 0 Å². The van der Waals surface area contributed by atoms with Crippen molar-refractivity contribution in [1.82, 2.24) is 4.90 Å². The molecule has 142 valence electrons. The Bertz CT molecular complexity index is 720. The zero-order valence-corrected chi connectivity index (χ0v) is 15.2. The summed E-state index contributed by atoms with van der Waals surface area (Å²) in [5.41, 5.74) is -1.57. The molecule has 5 nitrogen and oxygen atoms in total. The van der Waals surface area contributed by atoms with Crippen LogP contribution >= 0.6 is 0 Å². The molecule has 1 aromatic carbocycles. The molecule has 1 saturated heterocycles. The van der Waals surface area contributed by atoms with Crippen LogP contribution in [0.2, 0.25) is 0 Å². The van der Waals surface area contributed by atoms with Crippen LogP contribution in [-0.4, -0.2) is 42.3 Å². The summed E-state index contributed by atoms with van der Waals surface area (Å²) in [6.07, 6.45) is -5.03. The molecule has 1 amide bonds. The van der Waals surface area contributed by atoms with E-state index in [1.165, 1.54) is 12.1 Å². The Kier molecular flexibility index (Phi) is 5.40. The first-order chi connectivity index (χ1) is 11.9. The SMILES string of the molecule is CC1CN(C(=O)OC(C)(C)C)CCN1c1ccc(C#N)c(C(F)(F)F)c1. The number of nitriles is 1. The maximum atomic E-state index is 13.2. The fourth-order valence-corrected chi connectivity index (χ4v) is 2.88. The van der Waals surface area contributed by atoms with Gasteiger partial charge in [-0.3, -0.25) is 0 Å². The molecule has 0 saturated carbocycles. The van der Waals surface area contributed by atoms with Gasteiger partial charge in [-0.2, -0.15) is 18.4 Å². The molecule has 8 heteroatoms. The van der Waals surface area contributed by atoms with Gasteiger partial charge < -0.3 is 14.5 Å². The Balaban J connectivity index is 2.18. The minimum atomic E-state index is -4.59. The summed E-state index contributed by atoms with van der Waals surface area (Å²) in [4.78, 5) is 15.5. The van der Waals surface area contributed by atoms with Crippen molar-refractivity contribution in [3.8, 4) is 6.07 Å². The van der Waals surface area contributed by atoms with Crippen LogP contribution in [0.3, 0.4) is 0 Å². The molecular weight excluding hydrogens is 347 g/mol. The van der Waals surface area contributed by atoms with E-state index in [2.05, 4.69) is 0 Å². The van der Waals surface area contributed by atoms with E-state index < -0.39 is 29.0 Å². The zero-order chi connectivity index (χ0) is 19.7. The lowest BCUT2D eigenvalue weighted by Gasteiger charge is -2.41. The van der Waals surface area contributed by atoms with Crippen LogP contribution < -0.4 is 4.90 Å². The predicted octanol–water partition coefficient (Wildman–Crippen LogP) is 4.02. The first kappa shape index (κ1) is 19.9. The molecule has 0 N–H and O–H groups in total. The van der Waals surface area contributed by atoms with Crippen LogP contribution in [0.1, 0.15) is 38.8 Å². The number of carbonyl (C=O) groups excluding carboxylic acids is 1. The lowest BCUT2D eigenvalue weighted by Crippen LogP contribution is -2.54. The monoisotopic (exact) mass is 369 g/mol. The molecule has 1 fully saturated rings. The van der Waals surface area contributed by atoms with Crippen LogP contribution in [0.5, 0.6) is 0 Å². The molecular formula is C18H22F3N3O2. The summed E-state index contributed by atoms with van der Waals surface area (Å²) in [5.74, 6) is 0. The minimum absolute atomic E-state index is 0.190. The molecule has 0 radical (unpaired) electrons. The number of hydrogen-bond donors (Lipinski definition) is 0. The highest BCUT2D eigenvalue weighted by Crippen LogP contribution is 2.35. The zero-order valence-electron chi connectivity index (χ0n) is 15.2. The van der Waals surface area contributed by atoms with Gasteiger partial charge in [-0.05, 0) is 45.9 Å². The van der Waals surface area contributed by atoms with Gasteiger partial charge in [-0.25, -0.2) is 4.79 Å². The molecule has 0 spiro atoms. The molecule has 0 aliphatic carbocycles. The lowest BCUT2D eigenvalue weighted by molar-refractivity contribution is -0.137. The number of anilines is 1. The van der Waals surface area contributed by atoms with Gasteiger partial charge in [0.1, 0.15) is 5.60 Å². The molecule has 0 bridgehead atoms. The highest BCUT2D eigenvalue weighted by atomic mass is 19.4. The van der Waals surface area contributed by atoms with Crippen LogP contribution in [0.15, 0.2) is 18.2 Å². The maximum Gasteiger partial charge on any atom is 0.417 e. The fourth-order valence-electron chi connectivity index (χ4n) is 2.88. The van der Waals surface area contributed by atoms with E-state index in [9.17, 15) is 18.0 Å². The smallest absolute Gasteiger partial charge is 0.417 e. The molecule has 2 rings (SSSR count). The summed E-state index contributed by atoms with van der Waals surface area (Å²) in [5, 5.41) is 8.90. The van der Waals surface area contributed by atoms with E-state index in [1.807, 2.05) is 6.92 Å². The van der Waals surface area contributed by atoms with Gasteiger partial charge in [0, 0.05) is 31.4 Å². The quantitative estimate of drug-likeness (QED) is 0.750. The van der Waals surface area contributed by atoms with Gasteiger partial charge in [0.2, 0.25) is 0 Å². The largest absolute Gasteiger partial charge is 0.444 e. The molecule has 1 unspecified atom stereocenters. The van der Waals surface area contributed by atoms with Gasteiger partial charge in [-0.1, -0.05) is 0 Å². The van der Waals surface area contributed by atoms with Gasteiger partial charge in [0.05, 0.1) is 17.2 Å². The number of piperazine rings is 1. The Morgan fingerprint density at radius 3 is 2.42 bits per heavy atom. The van der Waals surface area contributed by atoms with Gasteiger partial charge in [0.15, 0.2) is 0 Å². The summed E-state index contributed by atoms with van der Waals surface area (Å²) < 4.78 is 44.8. The van der Waals surface area contributed by atoms with E-state index in [-0.39, 0.29) is 6.04 Å². The molecule has 1 aliphatic rings. The third-order valence-electron chi connectivity index (χ3n) is 4.04. The molecule has 1 atom stereocenters.